The summed E-state index contributed by atoms with van der Waals surface area (Å²) < 4.78 is 34.3. The molecule has 0 spiro atoms. The number of pyridine rings is 1. The first-order valence-corrected chi connectivity index (χ1v) is 11.9. The standard InChI is InChI=1S/C26H23FN4O5S/c1-26(2,25(33)34)36-18-11-10-17(20(27)14-18)15-29-22(32)19-9-6-12-28-23(19)35-24-21(30-37-31-24)13-16-7-4-3-5-8-16/h3-12,14H,13,15H2,1-2H3,(H,29,32)(H,33,34). The molecule has 37 heavy (non-hydrogen) atoms. The molecule has 0 aliphatic rings. The summed E-state index contributed by atoms with van der Waals surface area (Å²) in [5.41, 5.74) is 0.457. The van der Waals surface area contributed by atoms with E-state index in [9.17, 15) is 19.1 Å². The lowest BCUT2D eigenvalue weighted by molar-refractivity contribution is -0.152. The Labute approximate surface area is 216 Å². The molecule has 0 fully saturated rings. The Balaban J connectivity index is 1.44. The number of aromatic nitrogens is 3. The fraction of sp³-hybridized carbons (Fsp3) is 0.192. The molecule has 0 unspecified atom stereocenters. The lowest BCUT2D eigenvalue weighted by Crippen LogP contribution is -2.37. The molecule has 11 heteroatoms. The number of carboxylic acids is 1. The first-order chi connectivity index (χ1) is 17.7. The van der Waals surface area contributed by atoms with Gasteiger partial charge in [0.25, 0.3) is 11.8 Å². The number of carbonyl (C=O) groups excluding carboxylic acids is 1. The minimum Gasteiger partial charge on any atom is -0.478 e. The van der Waals surface area contributed by atoms with Crippen molar-refractivity contribution < 1.29 is 28.6 Å². The van der Waals surface area contributed by atoms with Crippen LogP contribution in [0.4, 0.5) is 4.39 Å². The zero-order chi connectivity index (χ0) is 26.4. The van der Waals surface area contributed by atoms with Gasteiger partial charge < -0.3 is 19.9 Å². The van der Waals surface area contributed by atoms with E-state index in [4.69, 9.17) is 9.47 Å². The summed E-state index contributed by atoms with van der Waals surface area (Å²) in [4.78, 5) is 28.3. The predicted octanol–water partition coefficient (Wildman–Crippen LogP) is 4.63. The van der Waals surface area contributed by atoms with Gasteiger partial charge in [-0.25, -0.2) is 14.2 Å². The molecule has 0 saturated heterocycles. The molecule has 0 bridgehead atoms. The van der Waals surface area contributed by atoms with E-state index in [0.29, 0.717) is 12.1 Å². The summed E-state index contributed by atoms with van der Waals surface area (Å²) in [5.74, 6) is -2.00. The fourth-order valence-corrected chi connectivity index (χ4v) is 3.75. The van der Waals surface area contributed by atoms with Crippen LogP contribution in [0.5, 0.6) is 17.5 Å². The van der Waals surface area contributed by atoms with E-state index in [0.717, 1.165) is 23.4 Å². The molecular formula is C26H23FN4O5S. The minimum absolute atomic E-state index is 0.0436. The van der Waals surface area contributed by atoms with E-state index in [-0.39, 0.29) is 35.2 Å². The first kappa shape index (κ1) is 25.7. The highest BCUT2D eigenvalue weighted by Crippen LogP contribution is 2.27. The molecule has 2 aromatic heterocycles. The average Bonchev–Trinajstić information content (AvgIpc) is 3.30. The van der Waals surface area contributed by atoms with Crippen molar-refractivity contribution >= 4 is 23.6 Å². The number of hydrogen-bond donors (Lipinski definition) is 2. The van der Waals surface area contributed by atoms with Gasteiger partial charge in [0, 0.05) is 30.8 Å². The van der Waals surface area contributed by atoms with Crippen LogP contribution in [0.2, 0.25) is 0 Å². The number of benzene rings is 2. The van der Waals surface area contributed by atoms with Crippen LogP contribution < -0.4 is 14.8 Å². The molecule has 2 heterocycles. The number of rotatable bonds is 10. The Morgan fingerprint density at radius 1 is 1.05 bits per heavy atom. The van der Waals surface area contributed by atoms with E-state index in [1.807, 2.05) is 30.3 Å². The summed E-state index contributed by atoms with van der Waals surface area (Å²) in [5, 5.41) is 11.8. The van der Waals surface area contributed by atoms with Crippen LogP contribution in [-0.4, -0.2) is 36.3 Å². The molecule has 4 aromatic rings. The predicted molar refractivity (Wildman–Crippen MR) is 133 cm³/mol. The van der Waals surface area contributed by atoms with Crippen molar-refractivity contribution in [3.63, 3.8) is 0 Å². The van der Waals surface area contributed by atoms with Crippen LogP contribution >= 0.6 is 11.7 Å². The number of carboxylic acid groups (broad SMARTS) is 1. The van der Waals surface area contributed by atoms with Gasteiger partial charge >= 0.3 is 5.97 Å². The first-order valence-electron chi connectivity index (χ1n) is 11.2. The zero-order valence-electron chi connectivity index (χ0n) is 20.0. The number of nitrogens with zero attached hydrogens (tertiary/aromatic N) is 3. The van der Waals surface area contributed by atoms with E-state index >= 15 is 0 Å². The topological polar surface area (TPSA) is 124 Å². The highest BCUT2D eigenvalue weighted by molar-refractivity contribution is 6.99. The maximum atomic E-state index is 14.6. The lowest BCUT2D eigenvalue weighted by atomic mass is 10.1. The SMILES string of the molecule is CC(C)(Oc1ccc(CNC(=O)c2cccnc2Oc2nsnc2Cc2ccccc2)c(F)c1)C(=O)O. The number of hydrogen-bond acceptors (Lipinski definition) is 8. The van der Waals surface area contributed by atoms with Gasteiger partial charge in [0.2, 0.25) is 5.88 Å². The van der Waals surface area contributed by atoms with Gasteiger partial charge in [-0.15, -0.1) is 4.37 Å². The van der Waals surface area contributed by atoms with Crippen LogP contribution in [-0.2, 0) is 17.8 Å². The fourth-order valence-electron chi connectivity index (χ4n) is 3.25. The van der Waals surface area contributed by atoms with Gasteiger partial charge in [0.15, 0.2) is 5.60 Å². The van der Waals surface area contributed by atoms with Crippen LogP contribution in [0, 0.1) is 5.82 Å². The molecule has 4 rings (SSSR count). The molecule has 9 nitrogen and oxygen atoms in total. The van der Waals surface area contributed by atoms with Crippen molar-refractivity contribution in [2.75, 3.05) is 0 Å². The monoisotopic (exact) mass is 522 g/mol. The van der Waals surface area contributed by atoms with Gasteiger partial charge in [-0.2, -0.15) is 4.37 Å². The highest BCUT2D eigenvalue weighted by Gasteiger charge is 2.29. The van der Waals surface area contributed by atoms with E-state index in [1.165, 1.54) is 38.2 Å². The summed E-state index contributed by atoms with van der Waals surface area (Å²) in [6.45, 7) is 2.60. The number of ether oxygens (including phenoxy) is 2. The molecule has 1 amide bonds. The molecular weight excluding hydrogens is 499 g/mol. The number of nitrogens with one attached hydrogen (secondary N) is 1. The second kappa shape index (κ2) is 11.1. The van der Waals surface area contributed by atoms with Crippen molar-refractivity contribution in [1.82, 2.24) is 19.0 Å². The Morgan fingerprint density at radius 2 is 1.84 bits per heavy atom. The maximum absolute atomic E-state index is 14.6. The second-order valence-electron chi connectivity index (χ2n) is 8.49. The molecule has 0 aliphatic carbocycles. The van der Waals surface area contributed by atoms with Crippen LogP contribution in [0.15, 0.2) is 66.9 Å². The number of amides is 1. The van der Waals surface area contributed by atoms with Crippen LogP contribution in [0.1, 0.15) is 41.0 Å². The smallest absolute Gasteiger partial charge is 0.347 e. The largest absolute Gasteiger partial charge is 0.478 e. The number of carbonyl (C=O) groups is 2. The van der Waals surface area contributed by atoms with Gasteiger partial charge in [0.05, 0.1) is 11.7 Å². The van der Waals surface area contributed by atoms with Crippen LogP contribution in [0.25, 0.3) is 0 Å². The van der Waals surface area contributed by atoms with E-state index in [2.05, 4.69) is 19.0 Å². The normalized spacial score (nSPS) is 11.1. The molecule has 2 N–H and O–H groups in total. The van der Waals surface area contributed by atoms with Crippen molar-refractivity contribution in [3.05, 3.63) is 95.1 Å². The zero-order valence-corrected chi connectivity index (χ0v) is 20.8. The summed E-state index contributed by atoms with van der Waals surface area (Å²) in [6.07, 6.45) is 1.99. The Bertz CT molecular complexity index is 1410. The molecule has 190 valence electrons. The Morgan fingerprint density at radius 3 is 2.57 bits per heavy atom. The third-order valence-corrected chi connectivity index (χ3v) is 5.85. The van der Waals surface area contributed by atoms with Gasteiger partial charge in [-0.1, -0.05) is 36.4 Å². The summed E-state index contributed by atoms with van der Waals surface area (Å²) in [6, 6.07) is 16.8. The molecule has 2 aromatic carbocycles. The van der Waals surface area contributed by atoms with Gasteiger partial charge in [0.1, 0.15) is 22.8 Å². The molecule has 0 radical (unpaired) electrons. The van der Waals surface area contributed by atoms with Gasteiger partial charge in [-0.05, 0) is 37.6 Å². The quantitative estimate of drug-likeness (QED) is 0.309. The number of halogens is 1. The van der Waals surface area contributed by atoms with E-state index in [1.54, 1.807) is 6.07 Å². The maximum Gasteiger partial charge on any atom is 0.347 e. The number of aliphatic carboxylic acids is 1. The Kier molecular flexibility index (Phi) is 7.73. The van der Waals surface area contributed by atoms with Crippen molar-refractivity contribution in [2.24, 2.45) is 0 Å². The van der Waals surface area contributed by atoms with E-state index < -0.39 is 23.3 Å². The highest BCUT2D eigenvalue weighted by atomic mass is 32.1. The third-order valence-electron chi connectivity index (χ3n) is 5.30. The minimum atomic E-state index is -1.52. The third kappa shape index (κ3) is 6.44. The molecule has 0 atom stereocenters. The molecule has 0 saturated carbocycles. The average molecular weight is 523 g/mol. The molecule has 0 aliphatic heterocycles. The second-order valence-corrected chi connectivity index (χ2v) is 9.02. The lowest BCUT2D eigenvalue weighted by Gasteiger charge is -2.21. The van der Waals surface area contributed by atoms with Crippen molar-refractivity contribution in [3.8, 4) is 17.5 Å². The summed E-state index contributed by atoms with van der Waals surface area (Å²) >= 11 is 0.996. The van der Waals surface area contributed by atoms with Crippen molar-refractivity contribution in [2.45, 2.75) is 32.4 Å². The van der Waals surface area contributed by atoms with Gasteiger partial charge in [-0.3, -0.25) is 4.79 Å². The van der Waals surface area contributed by atoms with Crippen molar-refractivity contribution in [1.29, 1.82) is 0 Å². The summed E-state index contributed by atoms with van der Waals surface area (Å²) in [7, 11) is 0. The van der Waals surface area contributed by atoms with Crippen LogP contribution in [0.3, 0.4) is 0 Å². The Hall–Kier alpha value is -4.38.